The normalized spacial score (nSPS) is 13.2. The molecule has 1 fully saturated rings. The number of rotatable bonds is 10. The molecule has 30 heavy (non-hydrogen) atoms. The minimum Gasteiger partial charge on any atom is -0.491 e. The third kappa shape index (κ3) is 6.49. The summed E-state index contributed by atoms with van der Waals surface area (Å²) in [4.78, 5) is 26.6. The van der Waals surface area contributed by atoms with E-state index < -0.39 is 0 Å². The molecule has 160 valence electrons. The van der Waals surface area contributed by atoms with Crippen LogP contribution in [0.1, 0.15) is 30.1 Å². The van der Waals surface area contributed by atoms with Crippen LogP contribution in [0.25, 0.3) is 0 Å². The minimum atomic E-state index is -0.183. The van der Waals surface area contributed by atoms with E-state index in [2.05, 4.69) is 10.6 Å². The summed E-state index contributed by atoms with van der Waals surface area (Å²) in [6.45, 7) is 5.40. The summed E-state index contributed by atoms with van der Waals surface area (Å²) in [5.74, 6) is 0.590. The van der Waals surface area contributed by atoms with Crippen molar-refractivity contribution in [1.29, 1.82) is 0 Å². The third-order valence-corrected chi connectivity index (χ3v) is 4.79. The van der Waals surface area contributed by atoms with Gasteiger partial charge in [0.15, 0.2) is 0 Å². The Morgan fingerprint density at radius 1 is 1.00 bits per heavy atom. The molecule has 2 aromatic rings. The fourth-order valence-electron chi connectivity index (χ4n) is 3.25. The van der Waals surface area contributed by atoms with E-state index in [9.17, 15) is 9.59 Å². The van der Waals surface area contributed by atoms with E-state index in [1.807, 2.05) is 36.1 Å². The van der Waals surface area contributed by atoms with Crippen molar-refractivity contribution in [2.24, 2.45) is 0 Å². The van der Waals surface area contributed by atoms with Gasteiger partial charge in [0.2, 0.25) is 5.91 Å². The Kier molecular flexibility index (Phi) is 8.09. The van der Waals surface area contributed by atoms with Crippen molar-refractivity contribution in [2.45, 2.75) is 19.8 Å². The van der Waals surface area contributed by atoms with Crippen molar-refractivity contribution in [2.75, 3.05) is 50.1 Å². The lowest BCUT2D eigenvalue weighted by Crippen LogP contribution is -2.27. The fraction of sp³-hybridized carbons (Fsp3) is 0.391. The number of ether oxygens (including phenoxy) is 2. The second kappa shape index (κ2) is 11.2. The molecule has 1 saturated heterocycles. The standard InChI is InChI=1S/C23H29N3O4/c1-2-29-14-15-30-21-10-8-19(9-11-21)24-17-22(27)25-20-7-5-6-18(16-20)23(28)26-12-3-4-13-26/h5-11,16,24H,2-4,12-15,17H2,1H3,(H,25,27). The molecule has 7 heteroatoms. The Labute approximate surface area is 177 Å². The molecular formula is C23H29N3O4. The Morgan fingerprint density at radius 2 is 1.77 bits per heavy atom. The zero-order chi connectivity index (χ0) is 21.2. The summed E-state index contributed by atoms with van der Waals surface area (Å²) < 4.78 is 10.8. The van der Waals surface area contributed by atoms with Gasteiger partial charge in [-0.1, -0.05) is 6.07 Å². The Balaban J connectivity index is 1.45. The van der Waals surface area contributed by atoms with E-state index in [1.165, 1.54) is 0 Å². The number of nitrogens with zero attached hydrogens (tertiary/aromatic N) is 1. The van der Waals surface area contributed by atoms with Crippen molar-refractivity contribution < 1.29 is 19.1 Å². The molecule has 0 radical (unpaired) electrons. The summed E-state index contributed by atoms with van der Waals surface area (Å²) in [5, 5.41) is 5.92. The van der Waals surface area contributed by atoms with Crippen LogP contribution in [0.3, 0.4) is 0 Å². The summed E-state index contributed by atoms with van der Waals surface area (Å²) in [7, 11) is 0. The highest BCUT2D eigenvalue weighted by Crippen LogP contribution is 2.17. The molecule has 3 rings (SSSR count). The molecule has 0 aliphatic carbocycles. The molecule has 2 aromatic carbocycles. The maximum Gasteiger partial charge on any atom is 0.253 e. The lowest BCUT2D eigenvalue weighted by atomic mass is 10.1. The maximum atomic E-state index is 12.5. The van der Waals surface area contributed by atoms with Gasteiger partial charge in [-0.3, -0.25) is 9.59 Å². The molecule has 1 heterocycles. The van der Waals surface area contributed by atoms with Crippen LogP contribution >= 0.6 is 0 Å². The zero-order valence-corrected chi connectivity index (χ0v) is 17.4. The fourth-order valence-corrected chi connectivity index (χ4v) is 3.25. The number of likely N-dealkylation sites (tertiary alicyclic amines) is 1. The second-order valence-corrected chi connectivity index (χ2v) is 7.05. The molecule has 1 aliphatic rings. The summed E-state index contributed by atoms with van der Waals surface area (Å²) in [6, 6.07) is 14.5. The van der Waals surface area contributed by atoms with Gasteiger partial charge < -0.3 is 25.0 Å². The summed E-state index contributed by atoms with van der Waals surface area (Å²) in [6.07, 6.45) is 2.10. The van der Waals surface area contributed by atoms with Crippen LogP contribution in [0, 0.1) is 0 Å². The van der Waals surface area contributed by atoms with Crippen LogP contribution in [-0.2, 0) is 9.53 Å². The van der Waals surface area contributed by atoms with Gasteiger partial charge in [-0.05, 0) is 62.2 Å². The topological polar surface area (TPSA) is 79.9 Å². The monoisotopic (exact) mass is 411 g/mol. The number of hydrogen-bond acceptors (Lipinski definition) is 5. The predicted molar refractivity (Wildman–Crippen MR) is 117 cm³/mol. The average molecular weight is 412 g/mol. The first-order chi connectivity index (χ1) is 14.7. The van der Waals surface area contributed by atoms with Gasteiger partial charge in [-0.25, -0.2) is 0 Å². The first-order valence-corrected chi connectivity index (χ1v) is 10.4. The number of carbonyl (C=O) groups excluding carboxylic acids is 2. The number of amides is 2. The number of nitrogens with one attached hydrogen (secondary N) is 2. The quantitative estimate of drug-likeness (QED) is 0.586. The molecule has 0 atom stereocenters. The van der Waals surface area contributed by atoms with E-state index in [1.54, 1.807) is 24.3 Å². The highest BCUT2D eigenvalue weighted by atomic mass is 16.5. The highest BCUT2D eigenvalue weighted by molar-refractivity contribution is 5.98. The molecule has 0 bridgehead atoms. The van der Waals surface area contributed by atoms with Gasteiger partial charge in [0.25, 0.3) is 5.91 Å². The molecule has 0 aromatic heterocycles. The van der Waals surface area contributed by atoms with E-state index >= 15 is 0 Å². The van der Waals surface area contributed by atoms with Crippen LogP contribution in [-0.4, -0.2) is 56.2 Å². The van der Waals surface area contributed by atoms with E-state index in [-0.39, 0.29) is 18.4 Å². The van der Waals surface area contributed by atoms with Gasteiger partial charge in [-0.15, -0.1) is 0 Å². The lowest BCUT2D eigenvalue weighted by molar-refractivity contribution is -0.114. The van der Waals surface area contributed by atoms with Crippen LogP contribution in [0.15, 0.2) is 48.5 Å². The first kappa shape index (κ1) is 21.6. The zero-order valence-electron chi connectivity index (χ0n) is 17.4. The van der Waals surface area contributed by atoms with Crippen LogP contribution in [0.2, 0.25) is 0 Å². The number of anilines is 2. The van der Waals surface area contributed by atoms with Gasteiger partial charge in [-0.2, -0.15) is 0 Å². The molecule has 7 nitrogen and oxygen atoms in total. The lowest BCUT2D eigenvalue weighted by Gasteiger charge is -2.16. The van der Waals surface area contributed by atoms with E-state index in [4.69, 9.17) is 9.47 Å². The van der Waals surface area contributed by atoms with Gasteiger partial charge in [0, 0.05) is 36.6 Å². The smallest absolute Gasteiger partial charge is 0.253 e. The Bertz CT molecular complexity index is 833. The molecule has 0 saturated carbocycles. The van der Waals surface area contributed by atoms with Crippen molar-refractivity contribution >= 4 is 23.2 Å². The predicted octanol–water partition coefficient (Wildman–Crippen LogP) is 3.39. The van der Waals surface area contributed by atoms with Gasteiger partial charge >= 0.3 is 0 Å². The third-order valence-electron chi connectivity index (χ3n) is 4.79. The second-order valence-electron chi connectivity index (χ2n) is 7.05. The summed E-state index contributed by atoms with van der Waals surface area (Å²) in [5.41, 5.74) is 2.03. The SMILES string of the molecule is CCOCCOc1ccc(NCC(=O)Nc2cccc(C(=O)N3CCCC3)c2)cc1. The van der Waals surface area contributed by atoms with Gasteiger partial charge in [0.05, 0.1) is 13.2 Å². The van der Waals surface area contributed by atoms with Crippen LogP contribution in [0.5, 0.6) is 5.75 Å². The van der Waals surface area contributed by atoms with Crippen LogP contribution < -0.4 is 15.4 Å². The van der Waals surface area contributed by atoms with E-state index in [0.717, 1.165) is 37.4 Å². The molecule has 1 aliphatic heterocycles. The largest absolute Gasteiger partial charge is 0.491 e. The molecule has 2 amide bonds. The molecular weight excluding hydrogens is 382 g/mol. The molecule has 0 unspecified atom stereocenters. The Hall–Kier alpha value is -3.06. The average Bonchev–Trinajstić information content (AvgIpc) is 3.31. The van der Waals surface area contributed by atoms with Crippen molar-refractivity contribution in [1.82, 2.24) is 4.90 Å². The number of benzene rings is 2. The van der Waals surface area contributed by atoms with Crippen LogP contribution in [0.4, 0.5) is 11.4 Å². The van der Waals surface area contributed by atoms with Gasteiger partial charge in [0.1, 0.15) is 12.4 Å². The van der Waals surface area contributed by atoms with Crippen molar-refractivity contribution in [3.8, 4) is 5.75 Å². The number of hydrogen-bond donors (Lipinski definition) is 2. The molecule has 0 spiro atoms. The van der Waals surface area contributed by atoms with Crippen molar-refractivity contribution in [3.05, 3.63) is 54.1 Å². The molecule has 2 N–H and O–H groups in total. The van der Waals surface area contributed by atoms with E-state index in [0.29, 0.717) is 31.1 Å². The minimum absolute atomic E-state index is 0.0188. The Morgan fingerprint density at radius 3 is 2.50 bits per heavy atom. The highest BCUT2D eigenvalue weighted by Gasteiger charge is 2.19. The van der Waals surface area contributed by atoms with Crippen molar-refractivity contribution in [3.63, 3.8) is 0 Å². The summed E-state index contributed by atoms with van der Waals surface area (Å²) >= 11 is 0. The first-order valence-electron chi connectivity index (χ1n) is 10.4. The number of carbonyl (C=O) groups is 2. The maximum absolute atomic E-state index is 12.5.